The summed E-state index contributed by atoms with van der Waals surface area (Å²) in [6.45, 7) is 0.336. The standard InChI is InChI=1S/C20H17NO3/c21-17-11-16(20(22)23)12-18(19(17)15-9-5-2-6-10-15)24-13-14-7-3-1-4-8-14/h1-12H,13,21H2,(H,22,23). The quantitative estimate of drug-likeness (QED) is 0.691. The maximum atomic E-state index is 11.3. The van der Waals surface area contributed by atoms with Gasteiger partial charge < -0.3 is 15.6 Å². The Balaban J connectivity index is 2.02. The topological polar surface area (TPSA) is 72.6 Å². The number of hydrogen-bond acceptors (Lipinski definition) is 3. The van der Waals surface area contributed by atoms with E-state index in [1.54, 1.807) is 0 Å². The van der Waals surface area contributed by atoms with E-state index in [-0.39, 0.29) is 5.56 Å². The van der Waals surface area contributed by atoms with Crippen molar-refractivity contribution in [2.75, 3.05) is 5.73 Å². The number of benzene rings is 3. The number of ether oxygens (including phenoxy) is 1. The molecular formula is C20H17NO3. The fourth-order valence-electron chi connectivity index (χ4n) is 2.52. The first-order chi connectivity index (χ1) is 11.6. The minimum Gasteiger partial charge on any atom is -0.488 e. The van der Waals surface area contributed by atoms with Crippen molar-refractivity contribution < 1.29 is 14.6 Å². The molecular weight excluding hydrogens is 302 g/mol. The molecule has 0 saturated carbocycles. The molecule has 3 N–H and O–H groups in total. The van der Waals surface area contributed by atoms with Crippen LogP contribution in [0.1, 0.15) is 15.9 Å². The molecule has 0 bridgehead atoms. The molecule has 120 valence electrons. The Morgan fingerprint density at radius 2 is 1.58 bits per heavy atom. The van der Waals surface area contributed by atoms with E-state index in [1.165, 1.54) is 12.1 Å². The van der Waals surface area contributed by atoms with E-state index >= 15 is 0 Å². The summed E-state index contributed by atoms with van der Waals surface area (Å²) in [4.78, 5) is 11.3. The molecule has 0 aliphatic carbocycles. The number of rotatable bonds is 5. The number of nitrogens with two attached hydrogens (primary N) is 1. The fourth-order valence-corrected chi connectivity index (χ4v) is 2.52. The zero-order valence-electron chi connectivity index (χ0n) is 13.0. The fraction of sp³-hybridized carbons (Fsp3) is 0.0500. The number of aromatic carboxylic acids is 1. The largest absolute Gasteiger partial charge is 0.488 e. The zero-order chi connectivity index (χ0) is 16.9. The molecule has 0 aromatic heterocycles. The van der Waals surface area contributed by atoms with Gasteiger partial charge in [0.25, 0.3) is 0 Å². The van der Waals surface area contributed by atoms with Crippen LogP contribution in [0.2, 0.25) is 0 Å². The van der Waals surface area contributed by atoms with Crippen LogP contribution in [0.4, 0.5) is 5.69 Å². The van der Waals surface area contributed by atoms with Gasteiger partial charge in [0.05, 0.1) is 5.56 Å². The second kappa shape index (κ2) is 6.87. The van der Waals surface area contributed by atoms with Gasteiger partial charge in [-0.2, -0.15) is 0 Å². The molecule has 0 spiro atoms. The highest BCUT2D eigenvalue weighted by molar-refractivity contribution is 5.93. The minimum absolute atomic E-state index is 0.107. The Hall–Kier alpha value is -3.27. The van der Waals surface area contributed by atoms with Crippen molar-refractivity contribution in [2.45, 2.75) is 6.61 Å². The van der Waals surface area contributed by atoms with E-state index in [4.69, 9.17) is 10.5 Å². The number of nitrogen functional groups attached to an aromatic ring is 1. The van der Waals surface area contributed by atoms with Gasteiger partial charge in [-0.15, -0.1) is 0 Å². The van der Waals surface area contributed by atoms with E-state index in [9.17, 15) is 9.90 Å². The number of anilines is 1. The third-order valence-corrected chi connectivity index (χ3v) is 3.68. The summed E-state index contributed by atoms with van der Waals surface area (Å²) in [6, 6.07) is 22.2. The molecule has 0 aliphatic rings. The average Bonchev–Trinajstić information content (AvgIpc) is 2.61. The van der Waals surface area contributed by atoms with Crippen molar-refractivity contribution in [2.24, 2.45) is 0 Å². The summed E-state index contributed by atoms with van der Waals surface area (Å²) in [5.41, 5.74) is 9.19. The molecule has 4 heteroatoms. The summed E-state index contributed by atoms with van der Waals surface area (Å²) in [5, 5.41) is 9.27. The summed E-state index contributed by atoms with van der Waals surface area (Å²) >= 11 is 0. The predicted molar refractivity (Wildman–Crippen MR) is 94.0 cm³/mol. The number of carboxylic acids is 1. The van der Waals surface area contributed by atoms with Crippen LogP contribution in [-0.2, 0) is 6.61 Å². The second-order valence-corrected chi connectivity index (χ2v) is 5.38. The highest BCUT2D eigenvalue weighted by atomic mass is 16.5. The van der Waals surface area contributed by atoms with Crippen molar-refractivity contribution in [3.05, 3.63) is 83.9 Å². The minimum atomic E-state index is -1.04. The van der Waals surface area contributed by atoms with Crippen molar-refractivity contribution >= 4 is 11.7 Å². The number of hydrogen-bond donors (Lipinski definition) is 2. The van der Waals surface area contributed by atoms with Crippen molar-refractivity contribution in [1.82, 2.24) is 0 Å². The van der Waals surface area contributed by atoms with E-state index in [0.29, 0.717) is 23.6 Å². The lowest BCUT2D eigenvalue weighted by Gasteiger charge is -2.15. The molecule has 0 amide bonds. The lowest BCUT2D eigenvalue weighted by atomic mass is 10.00. The van der Waals surface area contributed by atoms with Gasteiger partial charge in [-0.3, -0.25) is 0 Å². The SMILES string of the molecule is Nc1cc(C(=O)O)cc(OCc2ccccc2)c1-c1ccccc1. The van der Waals surface area contributed by atoms with Gasteiger partial charge in [-0.05, 0) is 23.3 Å². The van der Waals surface area contributed by atoms with E-state index < -0.39 is 5.97 Å². The monoisotopic (exact) mass is 319 g/mol. The number of carbonyl (C=O) groups is 1. The lowest BCUT2D eigenvalue weighted by molar-refractivity contribution is 0.0696. The molecule has 24 heavy (non-hydrogen) atoms. The molecule has 3 rings (SSSR count). The van der Waals surface area contributed by atoms with Gasteiger partial charge in [0, 0.05) is 11.3 Å². The van der Waals surface area contributed by atoms with E-state index in [0.717, 1.165) is 11.1 Å². The van der Waals surface area contributed by atoms with Crippen LogP contribution in [-0.4, -0.2) is 11.1 Å². The normalized spacial score (nSPS) is 10.3. The first-order valence-corrected chi connectivity index (χ1v) is 7.54. The van der Waals surface area contributed by atoms with Gasteiger partial charge in [-0.1, -0.05) is 60.7 Å². The zero-order valence-corrected chi connectivity index (χ0v) is 13.0. The third kappa shape index (κ3) is 3.38. The first-order valence-electron chi connectivity index (χ1n) is 7.54. The molecule has 0 saturated heterocycles. The van der Waals surface area contributed by atoms with Crippen LogP contribution >= 0.6 is 0 Å². The van der Waals surface area contributed by atoms with E-state index in [2.05, 4.69) is 0 Å². The highest BCUT2D eigenvalue weighted by Crippen LogP contribution is 2.37. The molecule has 3 aromatic rings. The molecule has 0 heterocycles. The van der Waals surface area contributed by atoms with Gasteiger partial charge in [0.2, 0.25) is 0 Å². The Bertz CT molecular complexity index is 846. The van der Waals surface area contributed by atoms with Crippen LogP contribution in [0.15, 0.2) is 72.8 Å². The van der Waals surface area contributed by atoms with Crippen LogP contribution < -0.4 is 10.5 Å². The highest BCUT2D eigenvalue weighted by Gasteiger charge is 2.15. The number of carboxylic acid groups (broad SMARTS) is 1. The van der Waals surface area contributed by atoms with Crippen molar-refractivity contribution in [1.29, 1.82) is 0 Å². The molecule has 4 nitrogen and oxygen atoms in total. The maximum absolute atomic E-state index is 11.3. The van der Waals surface area contributed by atoms with Crippen LogP contribution in [0, 0.1) is 0 Å². The van der Waals surface area contributed by atoms with Gasteiger partial charge >= 0.3 is 5.97 Å². The predicted octanol–water partition coefficient (Wildman–Crippen LogP) is 4.21. The Kier molecular flexibility index (Phi) is 4.47. The van der Waals surface area contributed by atoms with E-state index in [1.807, 2.05) is 60.7 Å². The molecule has 0 unspecified atom stereocenters. The summed E-state index contributed by atoms with van der Waals surface area (Å²) in [7, 11) is 0. The summed E-state index contributed by atoms with van der Waals surface area (Å²) < 4.78 is 5.91. The second-order valence-electron chi connectivity index (χ2n) is 5.38. The lowest BCUT2D eigenvalue weighted by Crippen LogP contribution is -2.04. The van der Waals surface area contributed by atoms with Crippen LogP contribution in [0.3, 0.4) is 0 Å². The summed E-state index contributed by atoms with van der Waals surface area (Å²) in [5.74, 6) is -0.576. The summed E-state index contributed by atoms with van der Waals surface area (Å²) in [6.07, 6.45) is 0. The van der Waals surface area contributed by atoms with Crippen molar-refractivity contribution in [3.63, 3.8) is 0 Å². The molecule has 0 fully saturated rings. The van der Waals surface area contributed by atoms with Gasteiger partial charge in [-0.25, -0.2) is 4.79 Å². The smallest absolute Gasteiger partial charge is 0.335 e. The van der Waals surface area contributed by atoms with Crippen LogP contribution in [0.25, 0.3) is 11.1 Å². The average molecular weight is 319 g/mol. The molecule has 0 radical (unpaired) electrons. The van der Waals surface area contributed by atoms with Gasteiger partial charge in [0.15, 0.2) is 0 Å². The van der Waals surface area contributed by atoms with Gasteiger partial charge in [0.1, 0.15) is 12.4 Å². The Morgan fingerprint density at radius 1 is 0.958 bits per heavy atom. The molecule has 0 atom stereocenters. The first kappa shape index (κ1) is 15.6. The maximum Gasteiger partial charge on any atom is 0.335 e. The molecule has 3 aromatic carbocycles. The Labute approximate surface area is 140 Å². The molecule has 0 aliphatic heterocycles. The van der Waals surface area contributed by atoms with Crippen molar-refractivity contribution in [3.8, 4) is 16.9 Å². The Morgan fingerprint density at radius 3 is 2.21 bits per heavy atom. The van der Waals surface area contributed by atoms with Crippen LogP contribution in [0.5, 0.6) is 5.75 Å². The third-order valence-electron chi connectivity index (χ3n) is 3.68.